The van der Waals surface area contributed by atoms with Gasteiger partial charge in [0, 0.05) is 26.3 Å². The fourth-order valence-electron chi connectivity index (χ4n) is 1.91. The molecule has 0 bridgehead atoms. The Labute approximate surface area is 106 Å². The van der Waals surface area contributed by atoms with Crippen LogP contribution in [0.3, 0.4) is 0 Å². The van der Waals surface area contributed by atoms with Gasteiger partial charge in [-0.2, -0.15) is 0 Å². The Bertz CT molecular complexity index is 370. The van der Waals surface area contributed by atoms with E-state index in [1.165, 1.54) is 12.4 Å². The molecule has 7 nitrogen and oxygen atoms in total. The average Bonchev–Trinajstić information content (AvgIpc) is 2.39. The molecule has 2 N–H and O–H groups in total. The highest BCUT2D eigenvalue weighted by Crippen LogP contribution is 2.18. The standard InChI is InChI=1S/C10H16BN3O4/c1-14(8-2-4-17-5-3-8)10-12-6-9(7-13-10)18-11(15)16/h6-8,15-16H,2-5H2,1H3. The Morgan fingerprint density at radius 2 is 1.94 bits per heavy atom. The first-order valence-corrected chi connectivity index (χ1v) is 5.82. The van der Waals surface area contributed by atoms with Crippen molar-refractivity contribution < 1.29 is 19.4 Å². The van der Waals surface area contributed by atoms with Gasteiger partial charge in [0.2, 0.25) is 5.95 Å². The number of anilines is 1. The minimum absolute atomic E-state index is 0.217. The third-order valence-electron chi connectivity index (χ3n) is 2.91. The maximum Gasteiger partial charge on any atom is 0.707 e. The molecule has 18 heavy (non-hydrogen) atoms. The minimum atomic E-state index is -1.85. The van der Waals surface area contributed by atoms with Crippen LogP contribution < -0.4 is 9.55 Å². The van der Waals surface area contributed by atoms with Crippen molar-refractivity contribution >= 4 is 13.3 Å². The van der Waals surface area contributed by atoms with E-state index >= 15 is 0 Å². The summed E-state index contributed by atoms with van der Waals surface area (Å²) in [7, 11) is 0.0832. The van der Waals surface area contributed by atoms with Gasteiger partial charge in [0.25, 0.3) is 0 Å². The zero-order chi connectivity index (χ0) is 13.0. The molecule has 0 aliphatic carbocycles. The van der Waals surface area contributed by atoms with E-state index < -0.39 is 7.32 Å². The molecule has 0 radical (unpaired) electrons. The zero-order valence-corrected chi connectivity index (χ0v) is 10.2. The van der Waals surface area contributed by atoms with Crippen LogP contribution in [0.5, 0.6) is 5.75 Å². The molecule has 0 atom stereocenters. The summed E-state index contributed by atoms with van der Waals surface area (Å²) < 4.78 is 9.95. The molecule has 1 saturated heterocycles. The topological polar surface area (TPSA) is 87.9 Å². The largest absolute Gasteiger partial charge is 0.707 e. The van der Waals surface area contributed by atoms with Crippen molar-refractivity contribution in [2.24, 2.45) is 0 Å². The SMILES string of the molecule is CN(c1ncc(OB(O)O)cn1)C1CCOCC1. The summed E-state index contributed by atoms with van der Waals surface area (Å²) in [5.41, 5.74) is 0. The lowest BCUT2D eigenvalue weighted by Crippen LogP contribution is -2.37. The van der Waals surface area contributed by atoms with Crippen molar-refractivity contribution in [3.05, 3.63) is 12.4 Å². The van der Waals surface area contributed by atoms with Crippen LogP contribution >= 0.6 is 0 Å². The summed E-state index contributed by atoms with van der Waals surface area (Å²) in [4.78, 5) is 10.3. The number of nitrogens with zero attached hydrogens (tertiary/aromatic N) is 3. The number of hydrogen-bond donors (Lipinski definition) is 2. The molecule has 1 aliphatic heterocycles. The average molecular weight is 253 g/mol. The number of aromatic nitrogens is 2. The smallest absolute Gasteiger partial charge is 0.509 e. The second-order valence-electron chi connectivity index (χ2n) is 4.12. The zero-order valence-electron chi connectivity index (χ0n) is 10.2. The maximum absolute atomic E-state index is 8.64. The van der Waals surface area contributed by atoms with Crippen molar-refractivity contribution in [3.63, 3.8) is 0 Å². The third-order valence-corrected chi connectivity index (χ3v) is 2.91. The summed E-state index contributed by atoms with van der Waals surface area (Å²) in [5, 5.41) is 17.3. The fourth-order valence-corrected chi connectivity index (χ4v) is 1.91. The van der Waals surface area contributed by atoms with Gasteiger partial charge < -0.3 is 24.3 Å². The molecule has 8 heteroatoms. The number of ether oxygens (including phenoxy) is 1. The molecule has 0 unspecified atom stereocenters. The minimum Gasteiger partial charge on any atom is -0.509 e. The first-order valence-electron chi connectivity index (χ1n) is 5.82. The Balaban J connectivity index is 1.99. The van der Waals surface area contributed by atoms with Crippen LogP contribution in [0.2, 0.25) is 0 Å². The van der Waals surface area contributed by atoms with Gasteiger partial charge in [-0.05, 0) is 12.8 Å². The molecule has 2 rings (SSSR count). The van der Waals surface area contributed by atoms with Crippen LogP contribution in [0.25, 0.3) is 0 Å². The summed E-state index contributed by atoms with van der Waals surface area (Å²) >= 11 is 0. The van der Waals surface area contributed by atoms with E-state index in [1.807, 2.05) is 11.9 Å². The van der Waals surface area contributed by atoms with Gasteiger partial charge in [-0.25, -0.2) is 9.97 Å². The summed E-state index contributed by atoms with van der Waals surface area (Å²) in [6.45, 7) is 1.51. The van der Waals surface area contributed by atoms with Gasteiger partial charge >= 0.3 is 7.32 Å². The lowest BCUT2D eigenvalue weighted by molar-refractivity contribution is 0.0852. The summed E-state index contributed by atoms with van der Waals surface area (Å²) in [6.07, 6.45) is 4.73. The fraction of sp³-hybridized carbons (Fsp3) is 0.600. The second-order valence-corrected chi connectivity index (χ2v) is 4.12. The van der Waals surface area contributed by atoms with Gasteiger partial charge in [-0.15, -0.1) is 0 Å². The van der Waals surface area contributed by atoms with E-state index in [2.05, 4.69) is 14.6 Å². The van der Waals surface area contributed by atoms with Gasteiger partial charge in [0.05, 0.1) is 12.4 Å². The van der Waals surface area contributed by atoms with Crippen LogP contribution in [-0.4, -0.2) is 53.6 Å². The van der Waals surface area contributed by atoms with Crippen LogP contribution in [0.15, 0.2) is 12.4 Å². The number of hydrogen-bond acceptors (Lipinski definition) is 7. The normalized spacial score (nSPS) is 16.4. The molecule has 0 spiro atoms. The second kappa shape index (κ2) is 5.99. The highest BCUT2D eigenvalue weighted by atomic mass is 16.6. The van der Waals surface area contributed by atoms with E-state index in [-0.39, 0.29) is 5.75 Å². The van der Waals surface area contributed by atoms with E-state index in [0.29, 0.717) is 12.0 Å². The highest BCUT2D eigenvalue weighted by molar-refractivity contribution is 6.33. The molecule has 0 aromatic carbocycles. The predicted octanol–water partition coefficient (Wildman–Crippen LogP) is -0.560. The van der Waals surface area contributed by atoms with Crippen molar-refractivity contribution in [1.82, 2.24) is 9.97 Å². The van der Waals surface area contributed by atoms with Crippen molar-refractivity contribution in [1.29, 1.82) is 0 Å². The van der Waals surface area contributed by atoms with Crippen molar-refractivity contribution in [3.8, 4) is 5.75 Å². The summed E-state index contributed by atoms with van der Waals surface area (Å²) in [5.74, 6) is 0.802. The highest BCUT2D eigenvalue weighted by Gasteiger charge is 2.20. The monoisotopic (exact) mass is 253 g/mol. The Hall–Kier alpha value is -1.38. The molecule has 0 amide bonds. The van der Waals surface area contributed by atoms with Gasteiger partial charge in [0.1, 0.15) is 5.75 Å². The Morgan fingerprint density at radius 1 is 1.33 bits per heavy atom. The molecule has 1 aliphatic rings. The molecule has 1 fully saturated rings. The van der Waals surface area contributed by atoms with Gasteiger partial charge in [-0.1, -0.05) is 0 Å². The quantitative estimate of drug-likeness (QED) is 0.695. The molecule has 1 aromatic rings. The molecular weight excluding hydrogens is 237 g/mol. The lowest BCUT2D eigenvalue weighted by atomic mass is 10.1. The molecule has 0 saturated carbocycles. The predicted molar refractivity (Wildman–Crippen MR) is 65.1 cm³/mol. The van der Waals surface area contributed by atoms with E-state index in [9.17, 15) is 0 Å². The van der Waals surface area contributed by atoms with Crippen molar-refractivity contribution in [2.75, 3.05) is 25.2 Å². The van der Waals surface area contributed by atoms with E-state index in [0.717, 1.165) is 26.1 Å². The van der Waals surface area contributed by atoms with Gasteiger partial charge in [-0.3, -0.25) is 0 Å². The summed E-state index contributed by atoms with van der Waals surface area (Å²) in [6, 6.07) is 0.369. The van der Waals surface area contributed by atoms with E-state index in [1.54, 1.807) is 0 Å². The van der Waals surface area contributed by atoms with Gasteiger partial charge in [0.15, 0.2) is 0 Å². The lowest BCUT2D eigenvalue weighted by Gasteiger charge is -2.31. The number of rotatable bonds is 4. The Morgan fingerprint density at radius 3 is 2.50 bits per heavy atom. The van der Waals surface area contributed by atoms with Crippen LogP contribution in [-0.2, 0) is 4.74 Å². The van der Waals surface area contributed by atoms with Crippen LogP contribution in [0.4, 0.5) is 5.95 Å². The van der Waals surface area contributed by atoms with Crippen LogP contribution in [0, 0.1) is 0 Å². The van der Waals surface area contributed by atoms with Crippen LogP contribution in [0.1, 0.15) is 12.8 Å². The van der Waals surface area contributed by atoms with Crippen molar-refractivity contribution in [2.45, 2.75) is 18.9 Å². The molecule has 1 aromatic heterocycles. The third kappa shape index (κ3) is 3.31. The molecule has 2 heterocycles. The molecule has 98 valence electrons. The maximum atomic E-state index is 8.64. The molecular formula is C10H16BN3O4. The van der Waals surface area contributed by atoms with E-state index in [4.69, 9.17) is 14.8 Å². The first-order chi connectivity index (χ1) is 8.66. The Kier molecular flexibility index (Phi) is 4.35. The first kappa shape index (κ1) is 13.1.